The van der Waals surface area contributed by atoms with Crippen molar-refractivity contribution in [1.82, 2.24) is 4.90 Å². The van der Waals surface area contributed by atoms with Crippen molar-refractivity contribution in [3.05, 3.63) is 66.2 Å². The van der Waals surface area contributed by atoms with Gasteiger partial charge in [0.25, 0.3) is 0 Å². The fraction of sp³-hybridized carbons (Fsp3) is 0.350. The second-order valence-electron chi connectivity index (χ2n) is 6.19. The Hall–Kier alpha value is -2.29. The molecule has 0 radical (unpaired) electrons. The van der Waals surface area contributed by atoms with Crippen molar-refractivity contribution in [3.8, 4) is 0 Å². The molecule has 1 heterocycles. The summed E-state index contributed by atoms with van der Waals surface area (Å²) in [5.41, 5.74) is 2.59. The van der Waals surface area contributed by atoms with E-state index in [2.05, 4.69) is 65.6 Å². The lowest BCUT2D eigenvalue weighted by Gasteiger charge is -2.39. The van der Waals surface area contributed by atoms with Crippen molar-refractivity contribution in [1.29, 1.82) is 0 Å². The van der Waals surface area contributed by atoms with Crippen LogP contribution in [0.1, 0.15) is 25.3 Å². The Bertz CT molecular complexity index is 619. The second-order valence-corrected chi connectivity index (χ2v) is 6.19. The van der Waals surface area contributed by atoms with Crippen LogP contribution in [0.3, 0.4) is 0 Å². The van der Waals surface area contributed by atoms with E-state index in [0.717, 1.165) is 32.5 Å². The number of hydrogen-bond donors (Lipinski definition) is 0. The summed E-state index contributed by atoms with van der Waals surface area (Å²) < 4.78 is 0. The van der Waals surface area contributed by atoms with E-state index in [9.17, 15) is 4.79 Å². The van der Waals surface area contributed by atoms with Crippen molar-refractivity contribution in [2.45, 2.75) is 32.4 Å². The van der Waals surface area contributed by atoms with Gasteiger partial charge in [-0.2, -0.15) is 0 Å². The molecule has 1 fully saturated rings. The summed E-state index contributed by atoms with van der Waals surface area (Å²) >= 11 is 0. The van der Waals surface area contributed by atoms with E-state index >= 15 is 0 Å². The maximum absolute atomic E-state index is 11.5. The number of carbonyl (C=O) groups is 1. The highest BCUT2D eigenvalue weighted by Crippen LogP contribution is 2.25. The summed E-state index contributed by atoms with van der Waals surface area (Å²) in [7, 11) is 0. The number of para-hydroxylation sites is 1. The predicted molar refractivity (Wildman–Crippen MR) is 94.3 cm³/mol. The molecule has 0 unspecified atom stereocenters. The van der Waals surface area contributed by atoms with Gasteiger partial charge in [-0.25, -0.2) is 0 Å². The molecule has 120 valence electrons. The summed E-state index contributed by atoms with van der Waals surface area (Å²) in [6, 6.07) is 21.7. The number of piperidine rings is 1. The van der Waals surface area contributed by atoms with Gasteiger partial charge in [-0.15, -0.1) is 0 Å². The fourth-order valence-electron chi connectivity index (χ4n) is 3.32. The molecule has 3 nitrogen and oxygen atoms in total. The molecule has 0 atom stereocenters. The zero-order valence-electron chi connectivity index (χ0n) is 13.7. The predicted octanol–water partition coefficient (Wildman–Crippen LogP) is 3.70. The molecule has 3 heteroatoms. The quantitative estimate of drug-likeness (QED) is 0.860. The zero-order valence-corrected chi connectivity index (χ0v) is 13.7. The Morgan fingerprint density at radius 1 is 1.00 bits per heavy atom. The third kappa shape index (κ3) is 3.92. The second kappa shape index (κ2) is 7.32. The van der Waals surface area contributed by atoms with E-state index in [0.29, 0.717) is 6.04 Å². The average Bonchev–Trinajstić information content (AvgIpc) is 2.61. The van der Waals surface area contributed by atoms with Crippen LogP contribution in [0.5, 0.6) is 0 Å². The molecular formula is C20H24N2O. The van der Waals surface area contributed by atoms with Gasteiger partial charge in [-0.3, -0.25) is 4.79 Å². The largest absolute Gasteiger partial charge is 0.364 e. The van der Waals surface area contributed by atoms with Crippen molar-refractivity contribution < 1.29 is 4.79 Å². The average molecular weight is 308 g/mol. The van der Waals surface area contributed by atoms with E-state index in [1.54, 1.807) is 6.92 Å². The summed E-state index contributed by atoms with van der Waals surface area (Å²) in [5, 5.41) is 0. The maximum Gasteiger partial charge on any atom is 0.219 e. The van der Waals surface area contributed by atoms with Gasteiger partial charge in [-0.05, 0) is 30.5 Å². The Balaban J connectivity index is 1.77. The van der Waals surface area contributed by atoms with Gasteiger partial charge in [0.05, 0.1) is 0 Å². The number of carbonyl (C=O) groups excluding carboxylic acids is 1. The fourth-order valence-corrected chi connectivity index (χ4v) is 3.32. The third-order valence-corrected chi connectivity index (χ3v) is 4.63. The van der Waals surface area contributed by atoms with Gasteiger partial charge in [-0.1, -0.05) is 48.5 Å². The number of amides is 1. The van der Waals surface area contributed by atoms with E-state index in [-0.39, 0.29) is 5.91 Å². The Morgan fingerprint density at radius 3 is 2.13 bits per heavy atom. The molecule has 2 aromatic carbocycles. The van der Waals surface area contributed by atoms with Gasteiger partial charge in [0.2, 0.25) is 5.91 Å². The van der Waals surface area contributed by atoms with Crippen LogP contribution in [0.4, 0.5) is 5.69 Å². The smallest absolute Gasteiger partial charge is 0.219 e. The molecule has 2 aromatic rings. The molecule has 1 saturated heterocycles. The van der Waals surface area contributed by atoms with Crippen LogP contribution in [0.25, 0.3) is 0 Å². The first-order valence-electron chi connectivity index (χ1n) is 8.35. The van der Waals surface area contributed by atoms with E-state index in [1.165, 1.54) is 11.3 Å². The lowest BCUT2D eigenvalue weighted by Crippen LogP contribution is -2.46. The molecule has 1 aliphatic heterocycles. The number of benzene rings is 2. The van der Waals surface area contributed by atoms with Gasteiger partial charge >= 0.3 is 0 Å². The van der Waals surface area contributed by atoms with E-state index in [4.69, 9.17) is 0 Å². The molecule has 1 amide bonds. The summed E-state index contributed by atoms with van der Waals surface area (Å²) in [4.78, 5) is 16.0. The SMILES string of the molecule is CC(=O)N1CCC(N(Cc2ccccc2)c2ccccc2)CC1. The topological polar surface area (TPSA) is 23.6 Å². The van der Waals surface area contributed by atoms with Crippen LogP contribution in [-0.2, 0) is 11.3 Å². The number of hydrogen-bond acceptors (Lipinski definition) is 2. The molecule has 1 aliphatic rings. The first-order chi connectivity index (χ1) is 11.2. The van der Waals surface area contributed by atoms with Crippen molar-refractivity contribution in [2.24, 2.45) is 0 Å². The lowest BCUT2D eigenvalue weighted by atomic mass is 10.0. The Morgan fingerprint density at radius 2 is 1.57 bits per heavy atom. The minimum Gasteiger partial charge on any atom is -0.364 e. The Labute approximate surface area is 138 Å². The van der Waals surface area contributed by atoms with Crippen LogP contribution in [-0.4, -0.2) is 29.9 Å². The van der Waals surface area contributed by atoms with Crippen molar-refractivity contribution >= 4 is 11.6 Å². The third-order valence-electron chi connectivity index (χ3n) is 4.63. The van der Waals surface area contributed by atoms with E-state index in [1.807, 2.05) is 4.90 Å². The zero-order chi connectivity index (χ0) is 16.1. The van der Waals surface area contributed by atoms with Crippen molar-refractivity contribution in [2.75, 3.05) is 18.0 Å². The number of nitrogens with zero attached hydrogens (tertiary/aromatic N) is 2. The molecular weight excluding hydrogens is 284 g/mol. The molecule has 0 spiro atoms. The molecule has 23 heavy (non-hydrogen) atoms. The number of rotatable bonds is 4. The first-order valence-corrected chi connectivity index (χ1v) is 8.35. The lowest BCUT2D eigenvalue weighted by molar-refractivity contribution is -0.129. The van der Waals surface area contributed by atoms with Crippen LogP contribution >= 0.6 is 0 Å². The highest BCUT2D eigenvalue weighted by molar-refractivity contribution is 5.73. The number of anilines is 1. The van der Waals surface area contributed by atoms with Gasteiger partial charge in [0.1, 0.15) is 0 Å². The van der Waals surface area contributed by atoms with Gasteiger partial charge < -0.3 is 9.80 Å². The molecule has 0 aromatic heterocycles. The van der Waals surface area contributed by atoms with E-state index < -0.39 is 0 Å². The van der Waals surface area contributed by atoms with Gasteiger partial charge in [0.15, 0.2) is 0 Å². The molecule has 3 rings (SSSR count). The standard InChI is InChI=1S/C20H24N2O/c1-17(23)21-14-12-20(13-15-21)22(19-10-6-3-7-11-19)16-18-8-4-2-5-9-18/h2-11,20H,12-16H2,1H3. The highest BCUT2D eigenvalue weighted by atomic mass is 16.2. The maximum atomic E-state index is 11.5. The van der Waals surface area contributed by atoms with Crippen LogP contribution in [0, 0.1) is 0 Å². The highest BCUT2D eigenvalue weighted by Gasteiger charge is 2.25. The molecule has 0 aliphatic carbocycles. The molecule has 0 saturated carbocycles. The molecule has 0 N–H and O–H groups in total. The van der Waals surface area contributed by atoms with Crippen LogP contribution in [0.2, 0.25) is 0 Å². The first kappa shape index (κ1) is 15.6. The minimum atomic E-state index is 0.192. The van der Waals surface area contributed by atoms with Crippen molar-refractivity contribution in [3.63, 3.8) is 0 Å². The molecule has 0 bridgehead atoms. The summed E-state index contributed by atoms with van der Waals surface area (Å²) in [6.07, 6.45) is 2.06. The normalized spacial score (nSPS) is 15.4. The summed E-state index contributed by atoms with van der Waals surface area (Å²) in [6.45, 7) is 4.30. The van der Waals surface area contributed by atoms with Crippen LogP contribution < -0.4 is 4.90 Å². The van der Waals surface area contributed by atoms with Gasteiger partial charge in [0, 0.05) is 38.3 Å². The van der Waals surface area contributed by atoms with Crippen LogP contribution in [0.15, 0.2) is 60.7 Å². The Kier molecular flexibility index (Phi) is 4.96. The summed E-state index contributed by atoms with van der Waals surface area (Å²) in [5.74, 6) is 0.192. The monoisotopic (exact) mass is 308 g/mol. The minimum absolute atomic E-state index is 0.192. The number of likely N-dealkylation sites (tertiary alicyclic amines) is 1.